The molecule has 5 heteroatoms. The summed E-state index contributed by atoms with van der Waals surface area (Å²) in [5.74, 6) is 0.987. The Morgan fingerprint density at radius 1 is 0.880 bits per heavy atom. The van der Waals surface area contributed by atoms with Crippen molar-refractivity contribution in [3.63, 3.8) is 0 Å². The van der Waals surface area contributed by atoms with Gasteiger partial charge in [0.25, 0.3) is 5.91 Å². The van der Waals surface area contributed by atoms with Crippen LogP contribution in [0, 0.1) is 6.92 Å². The van der Waals surface area contributed by atoms with Crippen molar-refractivity contribution in [2.24, 2.45) is 0 Å². The molecule has 3 aromatic rings. The molecule has 25 heavy (non-hydrogen) atoms. The van der Waals surface area contributed by atoms with E-state index in [-0.39, 0.29) is 5.91 Å². The van der Waals surface area contributed by atoms with E-state index in [1.807, 2.05) is 60.7 Å². The van der Waals surface area contributed by atoms with Crippen molar-refractivity contribution in [3.05, 3.63) is 89.4 Å². The molecule has 0 bridgehead atoms. The van der Waals surface area contributed by atoms with Crippen LogP contribution >= 0.6 is 0 Å². The first-order chi connectivity index (χ1) is 12.2. The standard InChI is InChI=1S/C20H20N4O/c1-15-23-18(20(25)22-14-17-10-6-3-7-11-17)12-19(24-15)21-13-16-8-4-2-5-9-16/h2-12H,13-14H2,1H3,(H,22,25)(H,21,23,24). The molecular formula is C20H20N4O. The zero-order valence-corrected chi connectivity index (χ0v) is 14.1. The molecule has 0 saturated heterocycles. The Hall–Kier alpha value is -3.21. The van der Waals surface area contributed by atoms with Crippen molar-refractivity contribution in [3.8, 4) is 0 Å². The lowest BCUT2D eigenvalue weighted by molar-refractivity contribution is 0.0945. The quantitative estimate of drug-likeness (QED) is 0.726. The number of carbonyl (C=O) groups is 1. The molecule has 2 aromatic carbocycles. The number of rotatable bonds is 6. The van der Waals surface area contributed by atoms with Gasteiger partial charge < -0.3 is 10.6 Å². The number of aryl methyl sites for hydroxylation is 1. The van der Waals surface area contributed by atoms with Crippen molar-refractivity contribution >= 4 is 11.7 Å². The minimum Gasteiger partial charge on any atom is -0.366 e. The van der Waals surface area contributed by atoms with Gasteiger partial charge in [-0.05, 0) is 18.1 Å². The summed E-state index contributed by atoms with van der Waals surface area (Å²) in [6, 6.07) is 21.5. The molecule has 0 spiro atoms. The summed E-state index contributed by atoms with van der Waals surface area (Å²) in [5.41, 5.74) is 2.55. The van der Waals surface area contributed by atoms with Gasteiger partial charge in [-0.3, -0.25) is 4.79 Å². The molecule has 0 aliphatic heterocycles. The van der Waals surface area contributed by atoms with E-state index >= 15 is 0 Å². The number of carbonyl (C=O) groups excluding carboxylic acids is 1. The molecule has 0 saturated carbocycles. The van der Waals surface area contributed by atoms with E-state index in [4.69, 9.17) is 0 Å². The number of benzene rings is 2. The fourth-order valence-corrected chi connectivity index (χ4v) is 2.43. The van der Waals surface area contributed by atoms with Crippen LogP contribution in [0.25, 0.3) is 0 Å². The molecule has 1 amide bonds. The molecule has 1 aromatic heterocycles. The number of nitrogens with one attached hydrogen (secondary N) is 2. The van der Waals surface area contributed by atoms with Crippen molar-refractivity contribution in [1.82, 2.24) is 15.3 Å². The predicted molar refractivity (Wildman–Crippen MR) is 98.1 cm³/mol. The minimum atomic E-state index is -0.211. The van der Waals surface area contributed by atoms with Gasteiger partial charge in [-0.2, -0.15) is 0 Å². The lowest BCUT2D eigenvalue weighted by Gasteiger charge is -2.09. The highest BCUT2D eigenvalue weighted by atomic mass is 16.1. The monoisotopic (exact) mass is 332 g/mol. The molecule has 0 fully saturated rings. The molecule has 3 rings (SSSR count). The first-order valence-corrected chi connectivity index (χ1v) is 8.16. The number of amides is 1. The molecule has 0 aliphatic rings. The smallest absolute Gasteiger partial charge is 0.270 e. The topological polar surface area (TPSA) is 66.9 Å². The number of nitrogens with zero attached hydrogens (tertiary/aromatic N) is 2. The largest absolute Gasteiger partial charge is 0.366 e. The number of aromatic nitrogens is 2. The zero-order chi connectivity index (χ0) is 17.5. The lowest BCUT2D eigenvalue weighted by atomic mass is 10.2. The maximum absolute atomic E-state index is 12.4. The van der Waals surface area contributed by atoms with Crippen molar-refractivity contribution in [2.45, 2.75) is 20.0 Å². The highest BCUT2D eigenvalue weighted by molar-refractivity contribution is 5.92. The Morgan fingerprint density at radius 3 is 2.12 bits per heavy atom. The molecular weight excluding hydrogens is 312 g/mol. The summed E-state index contributed by atoms with van der Waals surface area (Å²) >= 11 is 0. The van der Waals surface area contributed by atoms with Crippen LogP contribution in [0.3, 0.4) is 0 Å². The Bertz CT molecular complexity index is 835. The van der Waals surface area contributed by atoms with Crippen LogP contribution in [0.2, 0.25) is 0 Å². The SMILES string of the molecule is Cc1nc(NCc2ccccc2)cc(C(=O)NCc2ccccc2)n1. The van der Waals surface area contributed by atoms with E-state index in [1.165, 1.54) is 0 Å². The fourth-order valence-electron chi connectivity index (χ4n) is 2.43. The van der Waals surface area contributed by atoms with Crippen LogP contribution in [0.15, 0.2) is 66.7 Å². The van der Waals surface area contributed by atoms with Crippen LogP contribution in [0.5, 0.6) is 0 Å². The second-order valence-electron chi connectivity index (χ2n) is 5.69. The molecule has 0 atom stereocenters. The number of anilines is 1. The maximum Gasteiger partial charge on any atom is 0.270 e. The zero-order valence-electron chi connectivity index (χ0n) is 14.1. The van der Waals surface area contributed by atoms with Gasteiger partial charge in [-0.15, -0.1) is 0 Å². The summed E-state index contributed by atoms with van der Waals surface area (Å²) in [4.78, 5) is 21.0. The lowest BCUT2D eigenvalue weighted by Crippen LogP contribution is -2.24. The second-order valence-corrected chi connectivity index (χ2v) is 5.69. The Morgan fingerprint density at radius 2 is 1.48 bits per heavy atom. The Kier molecular flexibility index (Phi) is 5.36. The first kappa shape index (κ1) is 16.6. The highest BCUT2D eigenvalue weighted by Gasteiger charge is 2.10. The predicted octanol–water partition coefficient (Wildman–Crippen LogP) is 3.33. The summed E-state index contributed by atoms with van der Waals surface area (Å²) in [7, 11) is 0. The summed E-state index contributed by atoms with van der Waals surface area (Å²) < 4.78 is 0. The maximum atomic E-state index is 12.4. The van der Waals surface area contributed by atoms with Crippen LogP contribution in [-0.2, 0) is 13.1 Å². The van der Waals surface area contributed by atoms with Gasteiger partial charge >= 0.3 is 0 Å². The van der Waals surface area contributed by atoms with Crippen molar-refractivity contribution in [2.75, 3.05) is 5.32 Å². The summed E-state index contributed by atoms with van der Waals surface area (Å²) in [6.07, 6.45) is 0. The number of hydrogen-bond donors (Lipinski definition) is 2. The average molecular weight is 332 g/mol. The molecule has 126 valence electrons. The molecule has 1 heterocycles. The first-order valence-electron chi connectivity index (χ1n) is 8.16. The third-order valence-electron chi connectivity index (χ3n) is 3.68. The average Bonchev–Trinajstić information content (AvgIpc) is 2.66. The van der Waals surface area contributed by atoms with Crippen LogP contribution in [-0.4, -0.2) is 15.9 Å². The molecule has 0 aliphatic carbocycles. The molecule has 5 nitrogen and oxygen atoms in total. The van der Waals surface area contributed by atoms with E-state index in [0.29, 0.717) is 30.4 Å². The summed E-state index contributed by atoms with van der Waals surface area (Å²) in [6.45, 7) is 2.89. The van der Waals surface area contributed by atoms with Gasteiger partial charge in [0.15, 0.2) is 0 Å². The normalized spacial score (nSPS) is 10.3. The highest BCUT2D eigenvalue weighted by Crippen LogP contribution is 2.09. The minimum absolute atomic E-state index is 0.211. The Balaban J connectivity index is 1.65. The fraction of sp³-hybridized carbons (Fsp3) is 0.150. The van der Waals surface area contributed by atoms with Gasteiger partial charge in [-0.25, -0.2) is 9.97 Å². The van der Waals surface area contributed by atoms with E-state index < -0.39 is 0 Å². The van der Waals surface area contributed by atoms with E-state index in [2.05, 4.69) is 20.6 Å². The van der Waals surface area contributed by atoms with Crippen molar-refractivity contribution < 1.29 is 4.79 Å². The number of hydrogen-bond acceptors (Lipinski definition) is 4. The third-order valence-corrected chi connectivity index (χ3v) is 3.68. The Labute approximate surface area is 147 Å². The van der Waals surface area contributed by atoms with Gasteiger partial charge in [0, 0.05) is 19.2 Å². The van der Waals surface area contributed by atoms with Gasteiger partial charge in [-0.1, -0.05) is 60.7 Å². The van der Waals surface area contributed by atoms with Gasteiger partial charge in [0.05, 0.1) is 0 Å². The van der Waals surface area contributed by atoms with Crippen molar-refractivity contribution in [1.29, 1.82) is 0 Å². The third kappa shape index (κ3) is 4.88. The van der Waals surface area contributed by atoms with Gasteiger partial charge in [0.2, 0.25) is 0 Å². The van der Waals surface area contributed by atoms with Crippen LogP contribution < -0.4 is 10.6 Å². The van der Waals surface area contributed by atoms with E-state index in [9.17, 15) is 4.79 Å². The van der Waals surface area contributed by atoms with Crippen LogP contribution in [0.4, 0.5) is 5.82 Å². The van der Waals surface area contributed by atoms with E-state index in [1.54, 1.807) is 13.0 Å². The van der Waals surface area contributed by atoms with Gasteiger partial charge in [0.1, 0.15) is 17.3 Å². The summed E-state index contributed by atoms with van der Waals surface area (Å²) in [5, 5.41) is 6.13. The van der Waals surface area contributed by atoms with E-state index in [0.717, 1.165) is 11.1 Å². The second kappa shape index (κ2) is 8.06. The molecule has 0 radical (unpaired) electrons. The van der Waals surface area contributed by atoms with Crippen LogP contribution in [0.1, 0.15) is 27.4 Å². The molecule has 2 N–H and O–H groups in total. The molecule has 0 unspecified atom stereocenters.